The molecule has 3 nitrogen and oxygen atoms in total. The van der Waals surface area contributed by atoms with Gasteiger partial charge in [-0.05, 0) is 19.9 Å². The molecule has 0 bridgehead atoms. The molecule has 0 aliphatic rings. The summed E-state index contributed by atoms with van der Waals surface area (Å²) in [6.07, 6.45) is -0.669. The summed E-state index contributed by atoms with van der Waals surface area (Å²) in [7, 11) is 0. The van der Waals surface area contributed by atoms with Crippen molar-refractivity contribution in [2.24, 2.45) is 5.73 Å². The molecule has 0 aliphatic heterocycles. The van der Waals surface area contributed by atoms with Gasteiger partial charge in [0.1, 0.15) is 5.75 Å². The van der Waals surface area contributed by atoms with E-state index in [1.165, 1.54) is 0 Å². The molecular weight excluding hydrogens is 178 g/mol. The van der Waals surface area contributed by atoms with Crippen molar-refractivity contribution in [2.45, 2.75) is 26.0 Å². The van der Waals surface area contributed by atoms with E-state index in [1.807, 2.05) is 31.2 Å². The highest BCUT2D eigenvalue weighted by molar-refractivity contribution is 5.35. The van der Waals surface area contributed by atoms with E-state index in [9.17, 15) is 5.11 Å². The van der Waals surface area contributed by atoms with Crippen LogP contribution in [0.25, 0.3) is 0 Å². The number of nitrogens with two attached hydrogens (primary N) is 1. The van der Waals surface area contributed by atoms with Crippen molar-refractivity contribution >= 4 is 0 Å². The van der Waals surface area contributed by atoms with Crippen molar-refractivity contribution in [1.29, 1.82) is 0 Å². The van der Waals surface area contributed by atoms with E-state index >= 15 is 0 Å². The number of rotatable bonds is 4. The topological polar surface area (TPSA) is 55.5 Å². The maximum Gasteiger partial charge on any atom is 0.125 e. The number of aliphatic hydroxyl groups excluding tert-OH is 1. The molecule has 0 aliphatic carbocycles. The van der Waals surface area contributed by atoms with Crippen LogP contribution in [0.15, 0.2) is 24.3 Å². The lowest BCUT2D eigenvalue weighted by atomic mass is 10.0. The third-order valence-electron chi connectivity index (χ3n) is 2.04. The minimum absolute atomic E-state index is 0.295. The number of aliphatic hydroxyl groups is 1. The molecule has 0 radical (unpaired) electrons. The molecule has 78 valence electrons. The van der Waals surface area contributed by atoms with Crippen molar-refractivity contribution < 1.29 is 9.84 Å². The Morgan fingerprint density at radius 1 is 1.43 bits per heavy atom. The zero-order chi connectivity index (χ0) is 10.6. The summed E-state index contributed by atoms with van der Waals surface area (Å²) in [6, 6.07) is 7.12. The summed E-state index contributed by atoms with van der Waals surface area (Å²) in [6.45, 7) is 4.27. The van der Waals surface area contributed by atoms with Crippen LogP contribution >= 0.6 is 0 Å². The van der Waals surface area contributed by atoms with Gasteiger partial charge in [-0.25, -0.2) is 0 Å². The van der Waals surface area contributed by atoms with Gasteiger partial charge in [-0.15, -0.1) is 0 Å². The second-order valence-corrected chi connectivity index (χ2v) is 3.27. The van der Waals surface area contributed by atoms with Crippen molar-refractivity contribution in [1.82, 2.24) is 0 Å². The van der Waals surface area contributed by atoms with Gasteiger partial charge >= 0.3 is 0 Å². The van der Waals surface area contributed by atoms with Crippen molar-refractivity contribution in [3.05, 3.63) is 29.8 Å². The van der Waals surface area contributed by atoms with Crippen LogP contribution in [0.4, 0.5) is 0 Å². The molecule has 0 spiro atoms. The maximum absolute atomic E-state index is 9.80. The predicted octanol–water partition coefficient (Wildman–Crippen LogP) is 1.47. The molecule has 1 aromatic rings. The van der Waals surface area contributed by atoms with E-state index in [0.717, 1.165) is 5.56 Å². The van der Waals surface area contributed by atoms with E-state index in [-0.39, 0.29) is 6.04 Å². The van der Waals surface area contributed by atoms with Gasteiger partial charge in [0.2, 0.25) is 0 Å². The summed E-state index contributed by atoms with van der Waals surface area (Å²) < 4.78 is 5.39. The fourth-order valence-electron chi connectivity index (χ4n) is 1.30. The van der Waals surface area contributed by atoms with Gasteiger partial charge in [0.25, 0.3) is 0 Å². The van der Waals surface area contributed by atoms with Crippen LogP contribution in [0, 0.1) is 0 Å². The minimum atomic E-state index is -0.669. The van der Waals surface area contributed by atoms with Crippen LogP contribution in [0.5, 0.6) is 5.75 Å². The molecule has 0 saturated heterocycles. The first-order valence-corrected chi connectivity index (χ1v) is 4.82. The molecule has 3 N–H and O–H groups in total. The van der Waals surface area contributed by atoms with Gasteiger partial charge in [0.05, 0.1) is 12.7 Å². The summed E-state index contributed by atoms with van der Waals surface area (Å²) in [5.41, 5.74) is 6.38. The van der Waals surface area contributed by atoms with Gasteiger partial charge in [0.15, 0.2) is 0 Å². The van der Waals surface area contributed by atoms with Crippen molar-refractivity contribution in [3.8, 4) is 5.75 Å². The van der Waals surface area contributed by atoms with Gasteiger partial charge in [0, 0.05) is 11.6 Å². The number of ether oxygens (including phenoxy) is 1. The van der Waals surface area contributed by atoms with Crippen LogP contribution in [-0.4, -0.2) is 17.8 Å². The summed E-state index contributed by atoms with van der Waals surface area (Å²) in [4.78, 5) is 0. The monoisotopic (exact) mass is 195 g/mol. The molecule has 0 heterocycles. The zero-order valence-electron chi connectivity index (χ0n) is 8.60. The summed E-state index contributed by atoms with van der Waals surface area (Å²) in [5.74, 6) is 0.708. The average molecular weight is 195 g/mol. The Kier molecular flexibility index (Phi) is 3.92. The van der Waals surface area contributed by atoms with Crippen LogP contribution in [0.2, 0.25) is 0 Å². The van der Waals surface area contributed by atoms with E-state index in [4.69, 9.17) is 10.5 Å². The molecule has 0 amide bonds. The van der Waals surface area contributed by atoms with Gasteiger partial charge in [-0.1, -0.05) is 18.2 Å². The van der Waals surface area contributed by atoms with E-state index in [1.54, 1.807) is 6.92 Å². The number of benzene rings is 1. The number of para-hydroxylation sites is 1. The van der Waals surface area contributed by atoms with Gasteiger partial charge in [-0.2, -0.15) is 0 Å². The molecule has 0 unspecified atom stereocenters. The Bertz CT molecular complexity index is 286. The van der Waals surface area contributed by atoms with Gasteiger partial charge < -0.3 is 15.6 Å². The molecule has 3 heteroatoms. The molecule has 14 heavy (non-hydrogen) atoms. The quantitative estimate of drug-likeness (QED) is 0.764. The molecule has 2 atom stereocenters. The first-order chi connectivity index (χ1) is 6.66. The van der Waals surface area contributed by atoms with Crippen LogP contribution < -0.4 is 10.5 Å². The van der Waals surface area contributed by atoms with Crippen LogP contribution in [0.3, 0.4) is 0 Å². The standard InChI is InChI=1S/C11H17NO2/c1-3-14-10-7-5-4-6-9(10)11(13)8(2)12/h4-8,11,13H,3,12H2,1-2H3/t8-,11-/m1/s1. The van der Waals surface area contributed by atoms with Crippen LogP contribution in [0.1, 0.15) is 25.5 Å². The average Bonchev–Trinajstić information content (AvgIpc) is 2.18. The zero-order valence-corrected chi connectivity index (χ0v) is 8.60. The Morgan fingerprint density at radius 2 is 2.07 bits per heavy atom. The highest BCUT2D eigenvalue weighted by atomic mass is 16.5. The number of hydrogen-bond acceptors (Lipinski definition) is 3. The van der Waals surface area contributed by atoms with Crippen molar-refractivity contribution in [2.75, 3.05) is 6.61 Å². The third-order valence-corrected chi connectivity index (χ3v) is 2.04. The van der Waals surface area contributed by atoms with Crippen molar-refractivity contribution in [3.63, 3.8) is 0 Å². The third kappa shape index (κ3) is 2.47. The minimum Gasteiger partial charge on any atom is -0.493 e. The maximum atomic E-state index is 9.80. The summed E-state index contributed by atoms with van der Waals surface area (Å²) >= 11 is 0. The summed E-state index contributed by atoms with van der Waals surface area (Å²) in [5, 5.41) is 9.80. The Hall–Kier alpha value is -1.06. The molecular formula is C11H17NO2. The van der Waals surface area contributed by atoms with E-state index in [0.29, 0.717) is 12.4 Å². The first-order valence-electron chi connectivity index (χ1n) is 4.82. The first kappa shape index (κ1) is 11.0. The highest BCUT2D eigenvalue weighted by Crippen LogP contribution is 2.26. The fraction of sp³-hybridized carbons (Fsp3) is 0.455. The highest BCUT2D eigenvalue weighted by Gasteiger charge is 2.16. The lowest BCUT2D eigenvalue weighted by Crippen LogP contribution is -2.24. The largest absolute Gasteiger partial charge is 0.493 e. The lowest BCUT2D eigenvalue weighted by Gasteiger charge is -2.18. The SMILES string of the molecule is CCOc1ccccc1[C@H](O)[C@@H](C)N. The van der Waals surface area contributed by atoms with Gasteiger partial charge in [-0.3, -0.25) is 0 Å². The normalized spacial score (nSPS) is 14.9. The fourth-order valence-corrected chi connectivity index (χ4v) is 1.30. The molecule has 1 rings (SSSR count). The molecule has 0 fully saturated rings. The number of hydrogen-bond donors (Lipinski definition) is 2. The molecule has 0 saturated carbocycles. The van der Waals surface area contributed by atoms with E-state index in [2.05, 4.69) is 0 Å². The smallest absolute Gasteiger partial charge is 0.125 e. The Morgan fingerprint density at radius 3 is 2.64 bits per heavy atom. The van der Waals surface area contributed by atoms with Crippen LogP contribution in [-0.2, 0) is 0 Å². The van der Waals surface area contributed by atoms with E-state index < -0.39 is 6.10 Å². The second-order valence-electron chi connectivity index (χ2n) is 3.27. The lowest BCUT2D eigenvalue weighted by molar-refractivity contribution is 0.148. The predicted molar refractivity (Wildman–Crippen MR) is 56.2 cm³/mol. The molecule has 0 aromatic heterocycles. The Balaban J connectivity index is 2.94. The second kappa shape index (κ2) is 4.98. The Labute approximate surface area is 84.5 Å². The molecule has 1 aromatic carbocycles.